The van der Waals surface area contributed by atoms with Crippen molar-refractivity contribution in [1.29, 1.82) is 0 Å². The third kappa shape index (κ3) is 35.1. The highest BCUT2D eigenvalue weighted by Crippen LogP contribution is 2.46. The summed E-state index contributed by atoms with van der Waals surface area (Å²) in [7, 11) is -1.41. The number of aliphatic hydroxyl groups is 10. The van der Waals surface area contributed by atoms with E-state index in [1.165, 1.54) is 40.9 Å². The molecule has 0 radical (unpaired) electrons. The van der Waals surface area contributed by atoms with Gasteiger partial charge in [-0.05, 0) is 142 Å². The van der Waals surface area contributed by atoms with Gasteiger partial charge in [-0.25, -0.2) is 13.4 Å². The number of allylic oxidation sites excluding steroid dienone is 1. The second-order valence-electron chi connectivity index (χ2n) is 37.2. The Hall–Kier alpha value is -12.9. The second kappa shape index (κ2) is 56.7. The van der Waals surface area contributed by atoms with Gasteiger partial charge in [0.25, 0.3) is 5.91 Å². The van der Waals surface area contributed by atoms with Crippen molar-refractivity contribution in [1.82, 2.24) is 66.1 Å². The number of imide groups is 1. The number of aromatic nitrogens is 4. The Morgan fingerprint density at radius 3 is 1.90 bits per heavy atom. The summed E-state index contributed by atoms with van der Waals surface area (Å²) in [6, 6.07) is 15.1. The maximum Gasteiger partial charge on any atom is 0.278 e. The molecule has 1 saturated heterocycles. The number of nitrogens with zero attached hydrogens (tertiary/aromatic N) is 5. The molecule has 3 aromatic carbocycles. The van der Waals surface area contributed by atoms with Crippen LogP contribution in [-0.2, 0) is 120 Å². The summed E-state index contributed by atoms with van der Waals surface area (Å²) in [5.74, 6) is -13.2. The van der Waals surface area contributed by atoms with Crippen molar-refractivity contribution in [2.45, 2.75) is 227 Å². The Kier molecular flexibility index (Phi) is 44.9. The number of thioether (sulfide) groups is 1. The van der Waals surface area contributed by atoms with Gasteiger partial charge in [0.1, 0.15) is 60.2 Å². The van der Waals surface area contributed by atoms with E-state index in [9.17, 15) is 140 Å². The number of ether oxygens (including phenoxy) is 2. The fourth-order valence-electron chi connectivity index (χ4n) is 17.1. The summed E-state index contributed by atoms with van der Waals surface area (Å²) >= 11 is 1.17. The molecule has 0 spiro atoms. The van der Waals surface area contributed by atoms with Crippen molar-refractivity contribution in [3.05, 3.63) is 137 Å². The first kappa shape index (κ1) is 118. The number of aryl methyl sites for hydroxylation is 3. The average Bonchev–Trinajstić information content (AvgIpc) is 1.60. The molecule has 47 nitrogen and oxygen atoms in total. The minimum atomic E-state index is -4.75. The average molecular weight is 2120 g/mol. The van der Waals surface area contributed by atoms with Crippen molar-refractivity contribution >= 4 is 144 Å². The normalized spacial score (nSPS) is 17.6. The van der Waals surface area contributed by atoms with Crippen LogP contribution in [0.25, 0.3) is 22.0 Å². The molecule has 812 valence electrons. The number of imidazole rings is 1. The van der Waals surface area contributed by atoms with E-state index in [-0.39, 0.29) is 127 Å². The van der Waals surface area contributed by atoms with Gasteiger partial charge in [0.2, 0.25) is 70.8 Å². The molecule has 2 aliphatic carbocycles. The monoisotopic (exact) mass is 2120 g/mol. The number of likely N-dealkylation sites (tertiary alicyclic amines) is 1. The molecule has 19 N–H and O–H groups in total. The second-order valence-corrected chi connectivity index (χ2v) is 40.1. The standard InChI is InChI=1S/C100H132N14O33S2/c1-8-32-148-80-43-89(132)114(100(80)142)49-66(119)39-61(97(139)104-45-65(118)18-23-84(127)102-44-64(117)17-22-83(126)101-27-31-146-30-26-88(131)108-70(98(140)105-47-76(123)92(135)94(137)78(125)52-116)19-24-85(128)103-46-75(122)91(134)93(136)77(124)51-115)16-21-87(130)106-56(5)96(138)107-55(4)73(120)38-58-13-20-71-60(36-58)25-28-113(71)99(141)72-40-63(48-111(72)6)59-14-11-57(12-15-59)37-74(121)95-110-82(50-112(95)7)109-86(129)10-9-29-147-79-41-62-42-81(149(143,144)145)68-33-53(2)34-69(68)90(133)67(62)35-54(79)3/h11-15,20,25,28,35-36,40-41,48,50,55-56,61,68-70,75-78,80-81,91-94,115-116,122-125,134-137H,2,8-10,16-19,21-24,26-27,29-34,37-39,42-47,49,51-52H2,1,3-7H3,(H,101,126)(H,102,127)(H,103,128)(H,104,139)(H,105,140)(H,106,130)(H,107,138)(H,108,131)(H,109,129)(H,143,144,145)/p-1/t55-,56-,61+,68+,69?,70?,75-,76-,77+,78+,80?,81?,91+,92+,93+,94+/m0/s1/i1T. The Labute approximate surface area is 863 Å². The van der Waals surface area contributed by atoms with Crippen LogP contribution in [0.2, 0.25) is 0 Å². The molecule has 6 aromatic rings. The maximum atomic E-state index is 14.3. The number of carbonyl (C=O) groups is 18. The fourth-order valence-corrected chi connectivity index (χ4v) is 19.2. The molecule has 0 bridgehead atoms. The number of nitrogens with one attached hydrogen (secondary N) is 9. The van der Waals surface area contributed by atoms with E-state index in [2.05, 4.69) is 59.4 Å². The number of anilines is 1. The number of aliphatic hydroxyl groups excluding tert-OH is 10. The molecular weight excluding hydrogens is 1990 g/mol. The van der Waals surface area contributed by atoms with Crippen LogP contribution in [0.5, 0.6) is 5.75 Å². The molecule has 9 rings (SSSR count). The van der Waals surface area contributed by atoms with Gasteiger partial charge in [-0.15, -0.1) is 11.8 Å². The van der Waals surface area contributed by atoms with Gasteiger partial charge in [-0.1, -0.05) is 49.4 Å². The Bertz CT molecular complexity index is 6030. The SMILES string of the molecule is [3H]CCCSC1CC(=O)N(CC(=O)C[C@@H](CCC(=O)N[C@@H](C)C(=O)N[C@@H](C)C(=O)Cc2ccc3c(ccn3C(=O)c3cc(-c4ccc(CC(=O)c5nc(NC(=O)CCCOc6cc7c(cc6C)C(=O)C6CC(=C)C[C@H]6C(S(=O)(=O)[O-])C7)cn5C)cc4)cn3C)c2)C(=O)NCC(=O)CCC(=O)NCC(=O)CCC(=O)NCCOCCC(=O)NC(CCC(=O)NC[C@H](O)[C@@H](O)[C@H](O)[C@H](O)CO)C(=O)NC[C@H](O)[C@@H](O)[C@H](O)[C@H](O)CO)C1=O. The zero-order chi connectivity index (χ0) is 110. The summed E-state index contributed by atoms with van der Waals surface area (Å²) in [6.45, 7) is 2.73. The van der Waals surface area contributed by atoms with Gasteiger partial charge in [0, 0.05) is 159 Å². The van der Waals surface area contributed by atoms with Gasteiger partial charge in [0.15, 0.2) is 40.6 Å². The lowest BCUT2D eigenvalue weighted by atomic mass is 9.88. The molecule has 49 heteroatoms. The van der Waals surface area contributed by atoms with E-state index in [0.717, 1.165) is 16.0 Å². The minimum Gasteiger partial charge on any atom is -0.748 e. The number of Topliss-reactive ketones (excluding diaryl/α,β-unsaturated/α-hetero) is 6. The summed E-state index contributed by atoms with van der Waals surface area (Å²) in [4.78, 5) is 244. The van der Waals surface area contributed by atoms with E-state index in [0.29, 0.717) is 74.3 Å². The minimum absolute atomic E-state index is 0.0153. The van der Waals surface area contributed by atoms with E-state index < -0.39 is 284 Å². The number of ketones is 6. The van der Waals surface area contributed by atoms with Gasteiger partial charge in [0.05, 0.1) is 97.1 Å². The smallest absolute Gasteiger partial charge is 0.278 e. The fraction of sp³-hybridized carbons (Fsp3) is 0.530. The molecule has 4 heterocycles. The molecule has 4 unspecified atom stereocenters. The molecule has 3 aromatic heterocycles. The predicted molar refractivity (Wildman–Crippen MR) is 532 cm³/mol. The Morgan fingerprint density at radius 2 is 1.23 bits per heavy atom. The van der Waals surface area contributed by atoms with Crippen molar-refractivity contribution in [3.63, 3.8) is 0 Å². The number of rotatable bonds is 62. The number of benzene rings is 3. The van der Waals surface area contributed by atoms with Crippen LogP contribution in [0, 0.1) is 24.7 Å². The van der Waals surface area contributed by atoms with Crippen LogP contribution in [0.3, 0.4) is 0 Å². The molecular formula is C100H131N14O33S2-. The summed E-state index contributed by atoms with van der Waals surface area (Å²) in [5.41, 5.74) is 5.66. The number of carbonyl (C=O) groups excluding carboxylic acids is 18. The van der Waals surface area contributed by atoms with Crippen LogP contribution < -0.4 is 52.6 Å². The third-order valence-electron chi connectivity index (χ3n) is 25.6. The molecule has 3 aliphatic rings. The number of amides is 11. The van der Waals surface area contributed by atoms with Crippen LogP contribution in [0.4, 0.5) is 5.82 Å². The molecule has 1 aliphatic heterocycles. The van der Waals surface area contributed by atoms with Gasteiger partial charge < -0.3 is 122 Å². The zero-order valence-electron chi connectivity index (χ0n) is 84.1. The molecule has 2 fully saturated rings. The van der Waals surface area contributed by atoms with Crippen molar-refractivity contribution in [2.75, 3.05) is 83.4 Å². The third-order valence-corrected chi connectivity index (χ3v) is 28.2. The van der Waals surface area contributed by atoms with Gasteiger partial charge in [-0.2, -0.15) is 0 Å². The molecule has 16 atom stereocenters. The predicted octanol–water partition coefficient (Wildman–Crippen LogP) is -2.59. The lowest BCUT2D eigenvalue weighted by Gasteiger charge is -2.27. The highest BCUT2D eigenvalue weighted by molar-refractivity contribution is 8.00. The van der Waals surface area contributed by atoms with E-state index in [4.69, 9.17) is 21.1 Å². The number of hydrogen-bond donors (Lipinski definition) is 19. The van der Waals surface area contributed by atoms with Crippen LogP contribution in [0.1, 0.15) is 179 Å². The lowest BCUT2D eigenvalue weighted by Crippen LogP contribution is -2.53. The molecule has 149 heavy (non-hydrogen) atoms. The maximum absolute atomic E-state index is 14.3. The molecule has 11 amide bonds. The zero-order valence-corrected chi connectivity index (χ0v) is 84.7. The highest BCUT2D eigenvalue weighted by Gasteiger charge is 2.47. The summed E-state index contributed by atoms with van der Waals surface area (Å²) < 4.78 is 60.9. The van der Waals surface area contributed by atoms with Gasteiger partial charge in [-0.3, -0.25) is 95.8 Å². The highest BCUT2D eigenvalue weighted by atomic mass is 32.2. The van der Waals surface area contributed by atoms with E-state index >= 15 is 0 Å². The van der Waals surface area contributed by atoms with Crippen LogP contribution in [-0.4, -0.2) is 349 Å². The van der Waals surface area contributed by atoms with Crippen molar-refractivity contribution < 1.29 is 161 Å². The van der Waals surface area contributed by atoms with Gasteiger partial charge >= 0.3 is 0 Å². The first-order valence-electron chi connectivity index (χ1n) is 49.3. The summed E-state index contributed by atoms with van der Waals surface area (Å²) in [6.07, 6.45) is -14.4. The number of fused-ring (bicyclic) bond motifs is 3. The lowest BCUT2D eigenvalue weighted by molar-refractivity contribution is -0.142. The van der Waals surface area contributed by atoms with Crippen LogP contribution >= 0.6 is 11.8 Å². The Balaban J connectivity index is 0.673. The first-order valence-corrected chi connectivity index (χ1v) is 51.1. The van der Waals surface area contributed by atoms with Crippen molar-refractivity contribution in [3.8, 4) is 16.9 Å². The van der Waals surface area contributed by atoms with Crippen molar-refractivity contribution in [2.24, 2.45) is 31.8 Å². The quantitative estimate of drug-likeness (QED) is 0.00612. The van der Waals surface area contributed by atoms with E-state index in [1.807, 2.05) is 12.1 Å². The van der Waals surface area contributed by atoms with E-state index in [1.54, 1.807) is 92.6 Å². The molecule has 1 saturated carbocycles. The Morgan fingerprint density at radius 1 is 0.604 bits per heavy atom. The first-order chi connectivity index (χ1) is 71.1. The summed E-state index contributed by atoms with van der Waals surface area (Å²) in [5, 5.41) is 118. The number of hydrogen-bond acceptors (Lipinski definition) is 35. The van der Waals surface area contributed by atoms with Crippen LogP contribution in [0.15, 0.2) is 97.5 Å². The largest absolute Gasteiger partial charge is 0.748 e. The topological polar surface area (TPSA) is 724 Å².